The van der Waals surface area contributed by atoms with Crippen molar-refractivity contribution >= 4 is 23.6 Å². The van der Waals surface area contributed by atoms with Crippen LogP contribution in [-0.4, -0.2) is 43.4 Å². The van der Waals surface area contributed by atoms with Crippen LogP contribution in [0.15, 0.2) is 0 Å². The van der Waals surface area contributed by atoms with E-state index < -0.39 is 15.1 Å². The molecule has 0 saturated carbocycles. The summed E-state index contributed by atoms with van der Waals surface area (Å²) in [7, 11) is 0. The molecule has 0 N–H and O–H groups in total. The van der Waals surface area contributed by atoms with Crippen LogP contribution in [0.5, 0.6) is 0 Å². The minimum atomic E-state index is -1.73. The van der Waals surface area contributed by atoms with Gasteiger partial charge < -0.3 is 12.8 Å². The van der Waals surface area contributed by atoms with Gasteiger partial charge in [0.1, 0.15) is 0 Å². The largest absolute Gasteiger partial charge is 1.00 e. The Balaban J connectivity index is -0.0000000675. The Morgan fingerprint density at radius 3 is 1.23 bits per heavy atom. The molecule has 0 rings (SSSR count). The molecular formula is C6H20AlBNa2O3. The second-order valence-electron chi connectivity index (χ2n) is 1.65. The fraction of sp³-hybridized carbons (Fsp3) is 1.00. The first-order chi connectivity index (χ1) is 4.85. The molecule has 3 nitrogen and oxygen atoms in total. The number of hydrogen-bond donors (Lipinski definition) is 0. The monoisotopic (exact) mass is 224 g/mol. The van der Waals surface area contributed by atoms with Crippen molar-refractivity contribution in [3.8, 4) is 0 Å². The van der Waals surface area contributed by atoms with Gasteiger partial charge in [0.2, 0.25) is 0 Å². The molecule has 0 aromatic carbocycles. The van der Waals surface area contributed by atoms with Crippen LogP contribution in [0.4, 0.5) is 0 Å². The molecule has 0 bridgehead atoms. The van der Waals surface area contributed by atoms with Crippen molar-refractivity contribution in [3.63, 3.8) is 0 Å². The molecule has 0 aliphatic rings. The quantitative estimate of drug-likeness (QED) is 0.420. The van der Waals surface area contributed by atoms with Crippen molar-refractivity contribution in [1.29, 1.82) is 0 Å². The maximum absolute atomic E-state index is 5.22. The molecule has 13 heavy (non-hydrogen) atoms. The van der Waals surface area contributed by atoms with Crippen LogP contribution in [0.1, 0.15) is 22.2 Å². The van der Waals surface area contributed by atoms with Gasteiger partial charge in [-0.15, -0.1) is 0 Å². The van der Waals surface area contributed by atoms with Crippen LogP contribution in [0.3, 0.4) is 0 Å². The molecule has 0 saturated heterocycles. The van der Waals surface area contributed by atoms with Crippen molar-refractivity contribution in [1.82, 2.24) is 0 Å². The summed E-state index contributed by atoms with van der Waals surface area (Å²) in [5, 5.41) is 0. The summed E-state index contributed by atoms with van der Waals surface area (Å²) >= 11 is -1.73. The summed E-state index contributed by atoms with van der Waals surface area (Å²) in [5.74, 6) is 0. The van der Waals surface area contributed by atoms with E-state index in [4.69, 9.17) is 11.4 Å². The van der Waals surface area contributed by atoms with E-state index in [0.717, 1.165) is 0 Å². The third-order valence-corrected chi connectivity index (χ3v) is 2.72. The summed E-state index contributed by atoms with van der Waals surface area (Å²) < 4.78 is 15.7. The minimum Gasteiger partial charge on any atom is -1.00 e. The third-order valence-electron chi connectivity index (χ3n) is 0.908. The average molecular weight is 224 g/mol. The molecular weight excluding hydrogens is 204 g/mol. The summed E-state index contributed by atoms with van der Waals surface area (Å²) in [6.07, 6.45) is 0. The number of hydrogen-bond acceptors (Lipinski definition) is 3. The Bertz CT molecular complexity index is 73.8. The van der Waals surface area contributed by atoms with Gasteiger partial charge in [0.15, 0.2) is 0 Å². The first-order valence-electron chi connectivity index (χ1n) is 3.69. The molecule has 0 unspecified atom stereocenters. The standard InChI is InChI=1S/3C2H5O.Al.BH4.2Na.H/c3*1-2-3;;;;;/h3*2H2,1H3;;1H4;;;/q3*-1;+3;-1;2*+1;-1. The Kier molecular flexibility index (Phi) is 37.8. The molecule has 0 aliphatic carbocycles. The topological polar surface area (TPSA) is 27.7 Å². The zero-order chi connectivity index (χ0) is 7.82. The van der Waals surface area contributed by atoms with E-state index in [9.17, 15) is 0 Å². The Morgan fingerprint density at radius 1 is 0.846 bits per heavy atom. The summed E-state index contributed by atoms with van der Waals surface area (Å²) in [4.78, 5) is 0. The van der Waals surface area contributed by atoms with E-state index in [1.54, 1.807) is 0 Å². The van der Waals surface area contributed by atoms with Crippen molar-refractivity contribution in [2.24, 2.45) is 0 Å². The maximum atomic E-state index is 5.22. The molecule has 0 aromatic rings. The van der Waals surface area contributed by atoms with Gasteiger partial charge in [-0.25, -0.2) is 0 Å². The zero-order valence-electron chi connectivity index (χ0n) is 9.92. The maximum Gasteiger partial charge on any atom is 1.00 e. The molecule has 0 atom stereocenters. The fourth-order valence-electron chi connectivity index (χ4n) is 0.553. The predicted octanol–water partition coefficient (Wildman–Crippen LogP) is -6.25. The van der Waals surface area contributed by atoms with Gasteiger partial charge in [0.25, 0.3) is 0 Å². The van der Waals surface area contributed by atoms with Crippen molar-refractivity contribution < 1.29 is 71.9 Å². The van der Waals surface area contributed by atoms with Crippen molar-refractivity contribution in [2.45, 2.75) is 20.8 Å². The van der Waals surface area contributed by atoms with Crippen LogP contribution >= 0.6 is 0 Å². The van der Waals surface area contributed by atoms with Crippen molar-refractivity contribution in [3.05, 3.63) is 0 Å². The molecule has 70 valence electrons. The number of rotatable bonds is 6. The van der Waals surface area contributed by atoms with E-state index in [1.807, 2.05) is 20.8 Å². The van der Waals surface area contributed by atoms with Gasteiger partial charge in [-0.2, -0.15) is 0 Å². The van der Waals surface area contributed by atoms with Gasteiger partial charge >= 0.3 is 74.3 Å². The van der Waals surface area contributed by atoms with E-state index in [2.05, 4.69) is 0 Å². The molecule has 0 aliphatic heterocycles. The van der Waals surface area contributed by atoms with Crippen LogP contribution in [0.25, 0.3) is 0 Å². The molecule has 0 amide bonds. The SMILES string of the molecule is CC[O][Al]([O]CC)[O]CC.[BH4-].[H-].[Na+].[Na+]. The predicted molar refractivity (Wildman–Crippen MR) is 53.1 cm³/mol. The molecule has 0 fully saturated rings. The fourth-order valence-corrected chi connectivity index (χ4v) is 1.66. The Hall–Kier alpha value is 2.48. The molecule has 0 aromatic heterocycles. The molecule has 0 spiro atoms. The normalized spacial score (nSPS) is 7.62. The van der Waals surface area contributed by atoms with Gasteiger partial charge in [0.05, 0.1) is 0 Å². The summed E-state index contributed by atoms with van der Waals surface area (Å²) in [6, 6.07) is 0. The summed E-state index contributed by atoms with van der Waals surface area (Å²) in [5.41, 5.74) is 0. The minimum absolute atomic E-state index is 0. The summed E-state index contributed by atoms with van der Waals surface area (Å²) in [6.45, 7) is 7.86. The second-order valence-corrected chi connectivity index (χ2v) is 3.23. The zero-order valence-corrected chi connectivity index (χ0v) is 14.1. The van der Waals surface area contributed by atoms with Crippen molar-refractivity contribution in [2.75, 3.05) is 19.8 Å². The van der Waals surface area contributed by atoms with Gasteiger partial charge in [0, 0.05) is 19.8 Å². The van der Waals surface area contributed by atoms with Gasteiger partial charge in [-0.05, 0) is 20.8 Å². The van der Waals surface area contributed by atoms with Crippen LogP contribution in [0, 0.1) is 0 Å². The van der Waals surface area contributed by atoms with E-state index in [-0.39, 0.29) is 69.0 Å². The smallest absolute Gasteiger partial charge is 1.00 e. The van der Waals surface area contributed by atoms with Crippen LogP contribution in [0.2, 0.25) is 0 Å². The first kappa shape index (κ1) is 24.6. The first-order valence-corrected chi connectivity index (χ1v) is 5.11. The van der Waals surface area contributed by atoms with E-state index in [1.165, 1.54) is 0 Å². The second kappa shape index (κ2) is 20.0. The molecule has 0 radical (unpaired) electrons. The van der Waals surface area contributed by atoms with E-state index in [0.29, 0.717) is 19.8 Å². The molecule has 7 heteroatoms. The average Bonchev–Trinajstić information content (AvgIpc) is 1.90. The third kappa shape index (κ3) is 17.1. The van der Waals surface area contributed by atoms with Crippen LogP contribution in [-0.2, 0) is 11.4 Å². The Morgan fingerprint density at radius 2 is 1.08 bits per heavy atom. The molecule has 0 heterocycles. The van der Waals surface area contributed by atoms with Crippen LogP contribution < -0.4 is 59.1 Å². The Labute approximate surface area is 134 Å². The van der Waals surface area contributed by atoms with Gasteiger partial charge in [-0.1, -0.05) is 8.41 Å². The van der Waals surface area contributed by atoms with E-state index >= 15 is 0 Å². The van der Waals surface area contributed by atoms with Gasteiger partial charge in [-0.3, -0.25) is 0 Å².